The monoisotopic (exact) mass is 316 g/mol. The Morgan fingerprint density at radius 1 is 1.50 bits per heavy atom. The molecule has 1 aliphatic heterocycles. The second-order valence-electron chi connectivity index (χ2n) is 4.80. The molecule has 2 N–H and O–H groups in total. The molecule has 1 aliphatic rings. The van der Waals surface area contributed by atoms with Crippen molar-refractivity contribution in [1.82, 2.24) is 14.3 Å². The highest BCUT2D eigenvalue weighted by Gasteiger charge is 2.32. The lowest BCUT2D eigenvalue weighted by atomic mass is 9.91. The van der Waals surface area contributed by atoms with Crippen molar-refractivity contribution in [3.05, 3.63) is 0 Å². The van der Waals surface area contributed by atoms with Crippen molar-refractivity contribution in [3.8, 4) is 0 Å². The number of carbonyl (C=O) groups excluding carboxylic acids is 1. The lowest BCUT2D eigenvalue weighted by Gasteiger charge is -2.34. The number of likely N-dealkylation sites (tertiary alicyclic amines) is 1. The number of nitrogens with one attached hydrogen (secondary N) is 1. The molecule has 2 heterocycles. The number of aliphatic carboxylic acids is 1. The summed E-state index contributed by atoms with van der Waals surface area (Å²) in [5, 5.41) is 12.8. The molecule has 0 radical (unpaired) electrons. The van der Waals surface area contributed by atoms with Gasteiger partial charge in [0.05, 0.1) is 5.92 Å². The van der Waals surface area contributed by atoms with Gasteiger partial charge in [0.15, 0.2) is 0 Å². The lowest BCUT2D eigenvalue weighted by molar-refractivity contribution is -0.143. The minimum Gasteiger partial charge on any atom is -0.481 e. The van der Waals surface area contributed by atoms with Crippen LogP contribution in [-0.2, 0) is 4.79 Å². The van der Waals surface area contributed by atoms with Crippen molar-refractivity contribution in [1.29, 1.82) is 0 Å². The maximum Gasteiger partial charge on any atom is 0.323 e. The van der Waals surface area contributed by atoms with Gasteiger partial charge in [-0.15, -0.1) is 0 Å². The molecular formula is C11H16N4O3S2. The molecule has 20 heavy (non-hydrogen) atoms. The number of hydrogen-bond acceptors (Lipinski definition) is 6. The van der Waals surface area contributed by atoms with Crippen LogP contribution in [0.4, 0.5) is 9.93 Å². The number of carboxylic acids is 1. The van der Waals surface area contributed by atoms with E-state index in [0.29, 0.717) is 23.3 Å². The van der Waals surface area contributed by atoms with Crippen molar-refractivity contribution in [2.24, 2.45) is 11.8 Å². The van der Waals surface area contributed by atoms with Gasteiger partial charge in [-0.2, -0.15) is 9.36 Å². The van der Waals surface area contributed by atoms with E-state index in [1.807, 2.05) is 13.2 Å². The third-order valence-corrected chi connectivity index (χ3v) is 4.39. The molecule has 1 aromatic heterocycles. The third kappa shape index (κ3) is 3.60. The summed E-state index contributed by atoms with van der Waals surface area (Å²) in [5.41, 5.74) is 0. The number of anilines is 1. The fourth-order valence-corrected chi connectivity index (χ4v) is 3.33. The Morgan fingerprint density at radius 3 is 2.85 bits per heavy atom. The first-order chi connectivity index (χ1) is 9.49. The average Bonchev–Trinajstić information content (AvgIpc) is 2.85. The Balaban J connectivity index is 1.99. The number of carboxylic acid groups (broad SMARTS) is 1. The summed E-state index contributed by atoms with van der Waals surface area (Å²) in [6.07, 6.45) is 2.46. The molecule has 2 amide bonds. The smallest absolute Gasteiger partial charge is 0.323 e. The first-order valence-electron chi connectivity index (χ1n) is 6.16. The van der Waals surface area contributed by atoms with Crippen LogP contribution in [0, 0.1) is 11.8 Å². The van der Waals surface area contributed by atoms with E-state index in [0.717, 1.165) is 11.5 Å². The standard InChI is InChI=1S/C11H16N4O3S2/c1-6-3-7(8(16)17)5-15(4-6)11(18)13-9-12-10(19-2)14-20-9/h6-7H,3-5H2,1-2H3,(H,16,17)(H,12,13,14,18). The van der Waals surface area contributed by atoms with Crippen LogP contribution in [-0.4, -0.2) is 50.7 Å². The quantitative estimate of drug-likeness (QED) is 0.826. The largest absolute Gasteiger partial charge is 0.481 e. The maximum atomic E-state index is 12.1. The van der Waals surface area contributed by atoms with Crippen molar-refractivity contribution in [2.75, 3.05) is 24.7 Å². The van der Waals surface area contributed by atoms with Gasteiger partial charge in [0, 0.05) is 24.6 Å². The molecule has 1 aromatic rings. The molecule has 0 spiro atoms. The fourth-order valence-electron chi connectivity index (χ4n) is 2.21. The molecule has 2 atom stereocenters. The van der Waals surface area contributed by atoms with Crippen molar-refractivity contribution >= 4 is 40.4 Å². The maximum absolute atomic E-state index is 12.1. The van der Waals surface area contributed by atoms with Gasteiger partial charge in [0.1, 0.15) is 0 Å². The van der Waals surface area contributed by atoms with Crippen LogP contribution in [0.25, 0.3) is 0 Å². The van der Waals surface area contributed by atoms with Crippen molar-refractivity contribution < 1.29 is 14.7 Å². The predicted octanol–water partition coefficient (Wildman–Crippen LogP) is 1.83. The van der Waals surface area contributed by atoms with E-state index in [9.17, 15) is 9.59 Å². The number of amides is 2. The Morgan fingerprint density at radius 2 is 2.25 bits per heavy atom. The second-order valence-corrected chi connectivity index (χ2v) is 6.32. The van der Waals surface area contributed by atoms with E-state index in [2.05, 4.69) is 14.7 Å². The Hall–Kier alpha value is -1.35. The Kier molecular flexibility index (Phi) is 4.81. The first kappa shape index (κ1) is 15.0. The minimum atomic E-state index is -0.852. The zero-order valence-electron chi connectivity index (χ0n) is 11.2. The first-order valence-corrected chi connectivity index (χ1v) is 8.15. The van der Waals surface area contributed by atoms with E-state index in [1.165, 1.54) is 16.7 Å². The summed E-state index contributed by atoms with van der Waals surface area (Å²) in [7, 11) is 0. The van der Waals surface area contributed by atoms with Gasteiger partial charge < -0.3 is 10.0 Å². The van der Waals surface area contributed by atoms with Gasteiger partial charge in [-0.3, -0.25) is 10.1 Å². The summed E-state index contributed by atoms with van der Waals surface area (Å²) < 4.78 is 4.06. The highest BCUT2D eigenvalue weighted by Crippen LogP contribution is 2.23. The zero-order chi connectivity index (χ0) is 14.7. The molecule has 1 saturated heterocycles. The van der Waals surface area contributed by atoms with Gasteiger partial charge in [-0.05, 0) is 18.6 Å². The highest BCUT2D eigenvalue weighted by atomic mass is 32.2. The molecule has 0 bridgehead atoms. The van der Waals surface area contributed by atoms with E-state index in [4.69, 9.17) is 5.11 Å². The molecule has 7 nitrogen and oxygen atoms in total. The number of rotatable bonds is 3. The van der Waals surface area contributed by atoms with Crippen LogP contribution in [0.5, 0.6) is 0 Å². The molecule has 2 unspecified atom stereocenters. The summed E-state index contributed by atoms with van der Waals surface area (Å²) in [6.45, 7) is 2.75. The lowest BCUT2D eigenvalue weighted by Crippen LogP contribution is -2.47. The molecular weight excluding hydrogens is 300 g/mol. The van der Waals surface area contributed by atoms with Gasteiger partial charge in [0.25, 0.3) is 0 Å². The van der Waals surface area contributed by atoms with Gasteiger partial charge >= 0.3 is 12.0 Å². The summed E-state index contributed by atoms with van der Waals surface area (Å²) >= 11 is 2.52. The van der Waals surface area contributed by atoms with Crippen LogP contribution in [0.2, 0.25) is 0 Å². The topological polar surface area (TPSA) is 95.4 Å². The van der Waals surface area contributed by atoms with Crippen LogP contribution in [0.1, 0.15) is 13.3 Å². The zero-order valence-corrected chi connectivity index (χ0v) is 12.8. The number of carbonyl (C=O) groups is 2. The van der Waals surface area contributed by atoms with Gasteiger partial charge in [-0.25, -0.2) is 4.79 Å². The molecule has 0 saturated carbocycles. The van der Waals surface area contributed by atoms with Crippen LogP contribution >= 0.6 is 23.3 Å². The molecule has 2 rings (SSSR count). The third-order valence-electron chi connectivity index (χ3n) is 3.10. The number of urea groups is 1. The number of hydrogen-bond donors (Lipinski definition) is 2. The Bertz CT molecular complexity index is 508. The van der Waals surface area contributed by atoms with Gasteiger partial charge in [-0.1, -0.05) is 18.7 Å². The van der Waals surface area contributed by atoms with E-state index < -0.39 is 11.9 Å². The number of nitrogens with zero attached hydrogens (tertiary/aromatic N) is 3. The number of piperidine rings is 1. The molecule has 0 aliphatic carbocycles. The Labute approximate surface area is 124 Å². The van der Waals surface area contributed by atoms with Crippen molar-refractivity contribution in [2.45, 2.75) is 18.5 Å². The predicted molar refractivity (Wildman–Crippen MR) is 77.2 cm³/mol. The molecule has 110 valence electrons. The average molecular weight is 316 g/mol. The SMILES string of the molecule is CSc1nsc(NC(=O)N2CC(C)CC(C(=O)O)C2)n1. The molecule has 1 fully saturated rings. The molecule has 0 aromatic carbocycles. The second kappa shape index (κ2) is 6.40. The minimum absolute atomic E-state index is 0.173. The fraction of sp³-hybridized carbons (Fsp3) is 0.636. The normalized spacial score (nSPS) is 22.6. The van der Waals surface area contributed by atoms with Crippen LogP contribution < -0.4 is 5.32 Å². The summed E-state index contributed by atoms with van der Waals surface area (Å²) in [4.78, 5) is 28.9. The molecule has 9 heteroatoms. The van der Waals surface area contributed by atoms with Crippen LogP contribution in [0.3, 0.4) is 0 Å². The summed E-state index contributed by atoms with van der Waals surface area (Å²) in [5.74, 6) is -1.18. The summed E-state index contributed by atoms with van der Waals surface area (Å²) in [6, 6.07) is -0.313. The number of thioether (sulfide) groups is 1. The van der Waals surface area contributed by atoms with Gasteiger partial charge in [0.2, 0.25) is 10.3 Å². The highest BCUT2D eigenvalue weighted by molar-refractivity contribution is 7.98. The van der Waals surface area contributed by atoms with Crippen LogP contribution in [0.15, 0.2) is 5.16 Å². The van der Waals surface area contributed by atoms with Crippen molar-refractivity contribution in [3.63, 3.8) is 0 Å². The van der Waals surface area contributed by atoms with E-state index >= 15 is 0 Å². The van der Waals surface area contributed by atoms with E-state index in [1.54, 1.807) is 0 Å². The number of aromatic nitrogens is 2. The van der Waals surface area contributed by atoms with E-state index in [-0.39, 0.29) is 18.5 Å².